The van der Waals surface area contributed by atoms with E-state index in [0.29, 0.717) is 21.9 Å². The first-order valence-corrected chi connectivity index (χ1v) is 10.4. The van der Waals surface area contributed by atoms with Crippen molar-refractivity contribution >= 4 is 28.8 Å². The standard InChI is InChI=1S/C23H25N3O5S/c1-13-6-8-16(9-7-13)12-31-22-18(26(28)29)10-17(11-19(22)30-5)21-20(15(3)27)14(2)25(4)23(32)24-21/h6-11,21H,12H2,1-5H3,(H,24,32). The maximum Gasteiger partial charge on any atom is 0.315 e. The van der Waals surface area contributed by atoms with Crippen LogP contribution in [-0.4, -0.2) is 34.9 Å². The zero-order chi connectivity index (χ0) is 23.6. The highest BCUT2D eigenvalue weighted by Crippen LogP contribution is 2.42. The van der Waals surface area contributed by atoms with E-state index in [1.807, 2.05) is 31.2 Å². The molecule has 1 unspecified atom stereocenters. The molecule has 1 N–H and O–H groups in total. The molecular formula is C23H25N3O5S. The molecule has 0 saturated heterocycles. The SMILES string of the molecule is COc1cc(C2NC(=S)N(C)C(C)=C2C(C)=O)cc([N+](=O)[O-])c1OCc1ccc(C)cc1. The molecular weight excluding hydrogens is 430 g/mol. The van der Waals surface area contributed by atoms with Crippen molar-refractivity contribution in [1.82, 2.24) is 10.2 Å². The fraction of sp³-hybridized carbons (Fsp3) is 0.304. The lowest BCUT2D eigenvalue weighted by atomic mass is 9.92. The van der Waals surface area contributed by atoms with Crippen molar-refractivity contribution in [2.24, 2.45) is 0 Å². The molecule has 0 aromatic heterocycles. The first-order chi connectivity index (χ1) is 15.1. The van der Waals surface area contributed by atoms with Crippen LogP contribution in [0, 0.1) is 17.0 Å². The highest BCUT2D eigenvalue weighted by molar-refractivity contribution is 7.80. The van der Waals surface area contributed by atoms with Crippen LogP contribution in [0.25, 0.3) is 0 Å². The summed E-state index contributed by atoms with van der Waals surface area (Å²) in [6, 6.07) is 10.1. The van der Waals surface area contributed by atoms with Crippen LogP contribution in [0.2, 0.25) is 0 Å². The second-order valence-electron chi connectivity index (χ2n) is 7.60. The Kier molecular flexibility index (Phi) is 6.78. The van der Waals surface area contributed by atoms with E-state index in [4.69, 9.17) is 21.7 Å². The van der Waals surface area contributed by atoms with E-state index < -0.39 is 11.0 Å². The number of carbonyl (C=O) groups excluding carboxylic acids is 1. The van der Waals surface area contributed by atoms with Gasteiger partial charge in [0.05, 0.1) is 18.1 Å². The molecule has 0 radical (unpaired) electrons. The number of hydrogen-bond acceptors (Lipinski definition) is 6. The first-order valence-electron chi connectivity index (χ1n) is 9.94. The van der Waals surface area contributed by atoms with Crippen molar-refractivity contribution in [3.8, 4) is 11.5 Å². The number of methoxy groups -OCH3 is 1. The number of nitro groups is 1. The normalized spacial score (nSPS) is 16.0. The highest BCUT2D eigenvalue weighted by atomic mass is 32.1. The number of thiocarbonyl (C=S) groups is 1. The van der Waals surface area contributed by atoms with E-state index >= 15 is 0 Å². The van der Waals surface area contributed by atoms with E-state index in [-0.39, 0.29) is 29.6 Å². The molecule has 0 spiro atoms. The Bertz CT molecular complexity index is 1110. The molecule has 1 heterocycles. The van der Waals surface area contributed by atoms with Crippen molar-refractivity contribution in [3.63, 3.8) is 0 Å². The second kappa shape index (κ2) is 9.35. The van der Waals surface area contributed by atoms with E-state index in [1.54, 1.807) is 24.9 Å². The smallest absolute Gasteiger partial charge is 0.315 e. The quantitative estimate of drug-likeness (QED) is 0.377. The minimum Gasteiger partial charge on any atom is -0.493 e. The number of ketones is 1. The molecule has 1 aliphatic rings. The number of rotatable bonds is 7. The van der Waals surface area contributed by atoms with E-state index in [1.165, 1.54) is 20.1 Å². The molecule has 168 valence electrons. The molecule has 0 amide bonds. The van der Waals surface area contributed by atoms with Gasteiger partial charge >= 0.3 is 5.69 Å². The van der Waals surface area contributed by atoms with Gasteiger partial charge in [-0.1, -0.05) is 29.8 Å². The number of nitrogens with zero attached hydrogens (tertiary/aromatic N) is 2. The number of ether oxygens (including phenoxy) is 2. The lowest BCUT2D eigenvalue weighted by Gasteiger charge is -2.35. The van der Waals surface area contributed by atoms with Crippen LogP contribution in [-0.2, 0) is 11.4 Å². The maximum absolute atomic E-state index is 12.4. The van der Waals surface area contributed by atoms with Gasteiger partial charge < -0.3 is 19.7 Å². The van der Waals surface area contributed by atoms with Crippen LogP contribution in [0.15, 0.2) is 47.7 Å². The average molecular weight is 456 g/mol. The van der Waals surface area contributed by atoms with Crippen molar-refractivity contribution in [2.75, 3.05) is 14.2 Å². The zero-order valence-corrected chi connectivity index (χ0v) is 19.4. The average Bonchev–Trinajstić information content (AvgIpc) is 2.75. The minimum atomic E-state index is -0.644. The number of nitrogens with one attached hydrogen (secondary N) is 1. The molecule has 3 rings (SSSR count). The Morgan fingerprint density at radius 3 is 2.47 bits per heavy atom. The lowest BCUT2D eigenvalue weighted by Crippen LogP contribution is -2.45. The zero-order valence-electron chi connectivity index (χ0n) is 18.6. The van der Waals surface area contributed by atoms with Gasteiger partial charge in [0, 0.05) is 24.4 Å². The predicted octanol–water partition coefficient (Wildman–Crippen LogP) is 4.21. The van der Waals surface area contributed by atoms with E-state index in [0.717, 1.165) is 11.1 Å². The van der Waals surface area contributed by atoms with Gasteiger partial charge in [0.2, 0.25) is 5.75 Å². The monoisotopic (exact) mass is 455 g/mol. The summed E-state index contributed by atoms with van der Waals surface area (Å²) in [4.78, 5) is 25.5. The number of Topliss-reactive ketones (excluding diaryl/α,β-unsaturated/α-hetero) is 1. The molecule has 2 aromatic rings. The summed E-state index contributed by atoms with van der Waals surface area (Å²) in [6.07, 6.45) is 0. The highest BCUT2D eigenvalue weighted by Gasteiger charge is 2.33. The molecule has 0 aliphatic carbocycles. The molecule has 9 heteroatoms. The minimum absolute atomic E-state index is 0.0300. The van der Waals surface area contributed by atoms with Gasteiger partial charge in [-0.3, -0.25) is 14.9 Å². The predicted molar refractivity (Wildman–Crippen MR) is 125 cm³/mol. The van der Waals surface area contributed by atoms with Gasteiger partial charge in [-0.2, -0.15) is 0 Å². The van der Waals surface area contributed by atoms with Crippen molar-refractivity contribution in [2.45, 2.75) is 33.4 Å². The molecule has 0 bridgehead atoms. The van der Waals surface area contributed by atoms with Gasteiger partial charge in [-0.05, 0) is 50.2 Å². The number of aryl methyl sites for hydroxylation is 1. The summed E-state index contributed by atoms with van der Waals surface area (Å²) in [6.45, 7) is 5.37. The van der Waals surface area contributed by atoms with Gasteiger partial charge in [-0.15, -0.1) is 0 Å². The molecule has 8 nitrogen and oxygen atoms in total. The van der Waals surface area contributed by atoms with Gasteiger partial charge in [-0.25, -0.2) is 0 Å². The third-order valence-corrected chi connectivity index (χ3v) is 5.84. The summed E-state index contributed by atoms with van der Waals surface area (Å²) in [5, 5.41) is 15.4. The molecule has 0 saturated carbocycles. The molecule has 32 heavy (non-hydrogen) atoms. The van der Waals surface area contributed by atoms with Crippen LogP contribution in [0.4, 0.5) is 5.69 Å². The Balaban J connectivity index is 2.06. The Morgan fingerprint density at radius 2 is 1.91 bits per heavy atom. The summed E-state index contributed by atoms with van der Waals surface area (Å²) in [7, 11) is 3.18. The van der Waals surface area contributed by atoms with Crippen LogP contribution in [0.3, 0.4) is 0 Å². The number of nitro benzene ring substituents is 1. The lowest BCUT2D eigenvalue weighted by molar-refractivity contribution is -0.386. The topological polar surface area (TPSA) is 93.9 Å². The van der Waals surface area contributed by atoms with Crippen molar-refractivity contribution in [1.29, 1.82) is 0 Å². The number of benzene rings is 2. The summed E-state index contributed by atoms with van der Waals surface area (Å²) in [5.41, 5.74) is 3.37. The third kappa shape index (κ3) is 4.57. The fourth-order valence-corrected chi connectivity index (χ4v) is 3.84. The fourth-order valence-electron chi connectivity index (χ4n) is 3.59. The maximum atomic E-state index is 12.4. The first kappa shape index (κ1) is 23.2. The molecule has 2 aromatic carbocycles. The van der Waals surface area contributed by atoms with E-state index in [9.17, 15) is 14.9 Å². The Hall–Kier alpha value is -3.46. The van der Waals surface area contributed by atoms with Gasteiger partial charge in [0.1, 0.15) is 6.61 Å². The van der Waals surface area contributed by atoms with Crippen molar-refractivity contribution < 1.29 is 19.2 Å². The van der Waals surface area contributed by atoms with E-state index in [2.05, 4.69) is 5.32 Å². The van der Waals surface area contributed by atoms with Crippen LogP contribution < -0.4 is 14.8 Å². The summed E-state index contributed by atoms with van der Waals surface area (Å²) >= 11 is 5.38. The third-order valence-electron chi connectivity index (χ3n) is 5.44. The van der Waals surface area contributed by atoms with Crippen LogP contribution in [0.5, 0.6) is 11.5 Å². The number of carbonyl (C=O) groups is 1. The van der Waals surface area contributed by atoms with Gasteiger partial charge in [0.15, 0.2) is 16.6 Å². The van der Waals surface area contributed by atoms with Crippen LogP contribution >= 0.6 is 12.2 Å². The summed E-state index contributed by atoms with van der Waals surface area (Å²) in [5.74, 6) is 0.0755. The molecule has 1 atom stereocenters. The number of hydrogen-bond donors (Lipinski definition) is 1. The van der Waals surface area contributed by atoms with Crippen molar-refractivity contribution in [3.05, 3.63) is 74.5 Å². The second-order valence-corrected chi connectivity index (χ2v) is 7.99. The Morgan fingerprint density at radius 1 is 1.25 bits per heavy atom. The van der Waals surface area contributed by atoms with Crippen LogP contribution in [0.1, 0.15) is 36.6 Å². The molecule has 0 fully saturated rings. The summed E-state index contributed by atoms with van der Waals surface area (Å²) < 4.78 is 11.3. The Labute approximate surface area is 192 Å². The molecule has 1 aliphatic heterocycles. The largest absolute Gasteiger partial charge is 0.493 e. The number of allylic oxidation sites excluding steroid dienone is 1. The van der Waals surface area contributed by atoms with Gasteiger partial charge in [0.25, 0.3) is 0 Å².